The van der Waals surface area contributed by atoms with Crippen LogP contribution >= 0.6 is 0 Å². The van der Waals surface area contributed by atoms with Crippen LogP contribution in [0.3, 0.4) is 0 Å². The number of phenols is 1. The number of fused-ring (bicyclic) bond motifs is 1. The molecule has 0 aliphatic carbocycles. The van der Waals surface area contributed by atoms with Crippen molar-refractivity contribution in [3.05, 3.63) is 22.3 Å². The quantitative estimate of drug-likeness (QED) is 0.520. The van der Waals surface area contributed by atoms with E-state index in [1.807, 2.05) is 27.7 Å². The zero-order chi connectivity index (χ0) is 20.1. The summed E-state index contributed by atoms with van der Waals surface area (Å²) in [7, 11) is 0. The highest BCUT2D eigenvalue weighted by Crippen LogP contribution is 2.45. The maximum atomic E-state index is 10.3. The Kier molecular flexibility index (Phi) is 5.44. The van der Waals surface area contributed by atoms with Crippen LogP contribution in [0.2, 0.25) is 0 Å². The topological polar surface area (TPSA) is 120 Å². The van der Waals surface area contributed by atoms with Crippen LogP contribution in [0.25, 0.3) is 0 Å². The molecule has 1 saturated heterocycles. The van der Waals surface area contributed by atoms with Crippen LogP contribution in [0.5, 0.6) is 11.5 Å². The Morgan fingerprint density at radius 2 is 1.59 bits per heavy atom. The van der Waals surface area contributed by atoms with E-state index in [2.05, 4.69) is 0 Å². The van der Waals surface area contributed by atoms with E-state index in [9.17, 15) is 25.5 Å². The van der Waals surface area contributed by atoms with Crippen LogP contribution in [-0.4, -0.2) is 68.3 Å². The lowest BCUT2D eigenvalue weighted by atomic mass is 9.82. The van der Waals surface area contributed by atoms with Gasteiger partial charge in [0.25, 0.3) is 0 Å². The zero-order valence-corrected chi connectivity index (χ0v) is 16.3. The highest BCUT2D eigenvalue weighted by Gasteiger charge is 2.47. The summed E-state index contributed by atoms with van der Waals surface area (Å²) in [6.45, 7) is 7.12. The summed E-state index contributed by atoms with van der Waals surface area (Å²) in [5, 5.41) is 50.0. The number of ether oxygens (including phenoxy) is 2. The van der Waals surface area contributed by atoms with E-state index < -0.39 is 42.7 Å². The Hall–Kier alpha value is -1.38. The minimum atomic E-state index is -1.39. The second kappa shape index (κ2) is 7.22. The highest BCUT2D eigenvalue weighted by atomic mass is 16.5. The van der Waals surface area contributed by atoms with Crippen LogP contribution in [0.15, 0.2) is 0 Å². The van der Waals surface area contributed by atoms with Crippen molar-refractivity contribution >= 4 is 0 Å². The van der Waals surface area contributed by atoms with Crippen molar-refractivity contribution in [2.75, 3.05) is 6.61 Å². The van der Waals surface area contributed by atoms with Gasteiger partial charge in [0.05, 0.1) is 12.7 Å². The number of rotatable bonds is 3. The SMILES string of the molecule is Cc1c(C)c2c(c(C)c1O)CCC(C)(C[C@@H]1O[C@H](CO)[C@@H](O)[C@H](O)[C@@H]1O)O2. The Morgan fingerprint density at radius 3 is 2.22 bits per heavy atom. The van der Waals surface area contributed by atoms with Crippen molar-refractivity contribution < 1.29 is 35.0 Å². The molecule has 0 saturated carbocycles. The molecule has 1 fully saturated rings. The molecule has 1 unspecified atom stereocenters. The fraction of sp³-hybridized carbons (Fsp3) is 0.700. The molecule has 0 amide bonds. The van der Waals surface area contributed by atoms with Crippen molar-refractivity contribution in [3.8, 4) is 11.5 Å². The monoisotopic (exact) mass is 382 g/mol. The number of hydrogen-bond donors (Lipinski definition) is 5. The predicted octanol–water partition coefficient (Wildman–Crippen LogP) is 0.634. The van der Waals surface area contributed by atoms with Gasteiger partial charge in [-0.15, -0.1) is 0 Å². The van der Waals surface area contributed by atoms with Crippen molar-refractivity contribution in [2.45, 2.75) is 83.1 Å². The van der Waals surface area contributed by atoms with Gasteiger partial charge in [-0.25, -0.2) is 0 Å². The lowest BCUT2D eigenvalue weighted by Crippen LogP contribution is -2.60. The predicted molar refractivity (Wildman–Crippen MR) is 98.1 cm³/mol. The molecule has 2 aliphatic heterocycles. The molecule has 2 heterocycles. The third kappa shape index (κ3) is 3.43. The van der Waals surface area contributed by atoms with Crippen LogP contribution in [0, 0.1) is 20.8 Å². The fourth-order valence-corrected chi connectivity index (χ4v) is 4.21. The smallest absolute Gasteiger partial charge is 0.127 e. The summed E-state index contributed by atoms with van der Waals surface area (Å²) in [4.78, 5) is 0. The van der Waals surface area contributed by atoms with Crippen LogP contribution < -0.4 is 4.74 Å². The van der Waals surface area contributed by atoms with E-state index in [4.69, 9.17) is 9.47 Å². The highest BCUT2D eigenvalue weighted by molar-refractivity contribution is 5.58. The van der Waals surface area contributed by atoms with Crippen LogP contribution in [0.1, 0.15) is 42.0 Å². The van der Waals surface area contributed by atoms with Gasteiger partial charge in [0, 0.05) is 12.0 Å². The van der Waals surface area contributed by atoms with Crippen molar-refractivity contribution in [1.29, 1.82) is 0 Å². The number of aromatic hydroxyl groups is 1. The minimum absolute atomic E-state index is 0.298. The average molecular weight is 382 g/mol. The van der Waals surface area contributed by atoms with Crippen molar-refractivity contribution in [2.24, 2.45) is 0 Å². The van der Waals surface area contributed by atoms with Gasteiger partial charge >= 0.3 is 0 Å². The lowest BCUT2D eigenvalue weighted by Gasteiger charge is -2.45. The fourth-order valence-electron chi connectivity index (χ4n) is 4.21. The normalized spacial score (nSPS) is 36.2. The maximum Gasteiger partial charge on any atom is 0.127 e. The molecule has 5 N–H and O–H groups in total. The molecule has 27 heavy (non-hydrogen) atoms. The molecule has 0 radical (unpaired) electrons. The molecule has 6 atom stereocenters. The second-order valence-electron chi connectivity index (χ2n) is 8.15. The largest absolute Gasteiger partial charge is 0.507 e. The zero-order valence-electron chi connectivity index (χ0n) is 16.3. The Balaban J connectivity index is 1.85. The van der Waals surface area contributed by atoms with Gasteiger partial charge in [-0.1, -0.05) is 0 Å². The maximum absolute atomic E-state index is 10.3. The first kappa shape index (κ1) is 20.4. The summed E-state index contributed by atoms with van der Waals surface area (Å²) in [6, 6.07) is 0. The number of aliphatic hydroxyl groups is 4. The van der Waals surface area contributed by atoms with E-state index in [0.717, 1.165) is 28.0 Å². The van der Waals surface area contributed by atoms with Gasteiger partial charge in [-0.05, 0) is 57.2 Å². The summed E-state index contributed by atoms with van der Waals surface area (Å²) < 4.78 is 12.0. The summed E-state index contributed by atoms with van der Waals surface area (Å²) in [6.07, 6.45) is -4.05. The van der Waals surface area contributed by atoms with Gasteiger partial charge in [-0.3, -0.25) is 0 Å². The molecule has 152 valence electrons. The second-order valence-corrected chi connectivity index (χ2v) is 8.15. The van der Waals surface area contributed by atoms with Gasteiger partial charge in [0.15, 0.2) is 0 Å². The van der Waals surface area contributed by atoms with Gasteiger partial charge < -0.3 is 35.0 Å². The molecule has 3 rings (SSSR count). The third-order valence-electron chi connectivity index (χ3n) is 6.22. The first-order valence-electron chi connectivity index (χ1n) is 9.40. The molecule has 7 nitrogen and oxygen atoms in total. The minimum Gasteiger partial charge on any atom is -0.507 e. The Morgan fingerprint density at radius 1 is 0.963 bits per heavy atom. The van der Waals surface area contributed by atoms with Gasteiger partial charge in [0.2, 0.25) is 0 Å². The Labute approximate surface area is 159 Å². The summed E-state index contributed by atoms with van der Waals surface area (Å²) in [5.41, 5.74) is 2.82. The molecule has 0 aromatic heterocycles. The Bertz CT molecular complexity index is 717. The van der Waals surface area contributed by atoms with Crippen LogP contribution in [-0.2, 0) is 11.2 Å². The molecule has 0 spiro atoms. The standard InChI is InChI=1S/C20H30O7/c1-9-10(2)19-12(11(3)15(9)22)5-6-20(4,27-19)7-13-16(23)18(25)17(24)14(8-21)26-13/h13-14,16-18,21-25H,5-8H2,1-4H3/t13-,14+,16+,17+,18+,20?/m0/s1. The number of hydrogen-bond acceptors (Lipinski definition) is 7. The summed E-state index contributed by atoms with van der Waals surface area (Å²) >= 11 is 0. The average Bonchev–Trinajstić information content (AvgIpc) is 2.65. The third-order valence-corrected chi connectivity index (χ3v) is 6.22. The van der Waals surface area contributed by atoms with E-state index in [1.165, 1.54) is 0 Å². The summed E-state index contributed by atoms with van der Waals surface area (Å²) in [5.74, 6) is 1.05. The number of phenolic OH excluding ortho intramolecular Hbond substituents is 1. The van der Waals surface area contributed by atoms with Gasteiger partial charge in [-0.2, -0.15) is 0 Å². The van der Waals surface area contributed by atoms with E-state index in [-0.39, 0.29) is 0 Å². The lowest BCUT2D eigenvalue weighted by molar-refractivity contribution is -0.237. The molecule has 0 bridgehead atoms. The molecule has 1 aromatic rings. The molecule has 1 aromatic carbocycles. The first-order valence-corrected chi connectivity index (χ1v) is 9.40. The molecule has 7 heteroatoms. The molecule has 2 aliphatic rings. The van der Waals surface area contributed by atoms with E-state index in [0.29, 0.717) is 25.0 Å². The first-order chi connectivity index (χ1) is 12.6. The molecular formula is C20H30O7. The van der Waals surface area contributed by atoms with E-state index in [1.54, 1.807) is 0 Å². The van der Waals surface area contributed by atoms with Crippen molar-refractivity contribution in [3.63, 3.8) is 0 Å². The van der Waals surface area contributed by atoms with Gasteiger partial charge in [0.1, 0.15) is 41.5 Å². The van der Waals surface area contributed by atoms with E-state index >= 15 is 0 Å². The number of aliphatic hydroxyl groups excluding tert-OH is 4. The van der Waals surface area contributed by atoms with Crippen molar-refractivity contribution in [1.82, 2.24) is 0 Å². The number of benzene rings is 1. The van der Waals surface area contributed by atoms with Crippen LogP contribution in [0.4, 0.5) is 0 Å². The molecular weight excluding hydrogens is 352 g/mol.